The van der Waals surface area contributed by atoms with Crippen LogP contribution in [-0.2, 0) is 14.2 Å². The molecule has 1 saturated heterocycles. The lowest BCUT2D eigenvalue weighted by Gasteiger charge is -2.37. The van der Waals surface area contributed by atoms with Crippen molar-refractivity contribution in [1.29, 1.82) is 0 Å². The normalized spacial score (nSPS) is 24.8. The zero-order valence-electron chi connectivity index (χ0n) is 12.5. The van der Waals surface area contributed by atoms with Crippen LogP contribution in [-0.4, -0.2) is 70.7 Å². The number of nitrogens with two attached hydrogens (primary N) is 1. The maximum Gasteiger partial charge on any atom is 0.0701 e. The van der Waals surface area contributed by atoms with Gasteiger partial charge in [-0.25, -0.2) is 0 Å². The number of piperidine rings is 1. The molecule has 0 amide bonds. The largest absolute Gasteiger partial charge is 0.382 e. The van der Waals surface area contributed by atoms with E-state index < -0.39 is 0 Å². The van der Waals surface area contributed by atoms with Crippen molar-refractivity contribution in [1.82, 2.24) is 4.90 Å². The standard InChI is InChI=1S/C14H30N2O3/c1-13-3-4-14(11-15)12-16(13)5-6-18-9-10-19-8-7-17-2/h13-14H,3-12,15H2,1-2H3. The van der Waals surface area contributed by atoms with Gasteiger partial charge < -0.3 is 19.9 Å². The van der Waals surface area contributed by atoms with Crippen molar-refractivity contribution in [3.8, 4) is 0 Å². The Balaban J connectivity index is 1.98. The first-order valence-corrected chi connectivity index (χ1v) is 7.36. The Morgan fingerprint density at radius 2 is 1.74 bits per heavy atom. The van der Waals surface area contributed by atoms with Crippen molar-refractivity contribution in [3.05, 3.63) is 0 Å². The highest BCUT2D eigenvalue weighted by Crippen LogP contribution is 2.20. The summed E-state index contributed by atoms with van der Waals surface area (Å²) >= 11 is 0. The smallest absolute Gasteiger partial charge is 0.0701 e. The SMILES string of the molecule is COCCOCCOCCN1CC(CN)CCC1C. The third kappa shape index (κ3) is 7.22. The molecule has 1 heterocycles. The molecule has 5 heteroatoms. The summed E-state index contributed by atoms with van der Waals surface area (Å²) in [6.45, 7) is 8.57. The first-order chi connectivity index (χ1) is 9.27. The second-order valence-corrected chi connectivity index (χ2v) is 5.24. The first kappa shape index (κ1) is 16.9. The maximum atomic E-state index is 5.76. The predicted octanol–water partition coefficient (Wildman–Crippen LogP) is 0.725. The summed E-state index contributed by atoms with van der Waals surface area (Å²) in [4.78, 5) is 2.49. The van der Waals surface area contributed by atoms with Gasteiger partial charge in [-0.05, 0) is 32.2 Å². The van der Waals surface area contributed by atoms with Crippen LogP contribution in [0.5, 0.6) is 0 Å². The lowest BCUT2D eigenvalue weighted by Crippen LogP contribution is -2.45. The van der Waals surface area contributed by atoms with E-state index in [4.69, 9.17) is 19.9 Å². The van der Waals surface area contributed by atoms with Crippen LogP contribution in [0.25, 0.3) is 0 Å². The average molecular weight is 274 g/mol. The molecule has 0 saturated carbocycles. The zero-order chi connectivity index (χ0) is 13.9. The summed E-state index contributed by atoms with van der Waals surface area (Å²) in [5.74, 6) is 0.661. The highest BCUT2D eigenvalue weighted by Gasteiger charge is 2.23. The third-order valence-corrected chi connectivity index (χ3v) is 3.77. The number of likely N-dealkylation sites (tertiary alicyclic amines) is 1. The zero-order valence-corrected chi connectivity index (χ0v) is 12.5. The number of ether oxygens (including phenoxy) is 3. The van der Waals surface area contributed by atoms with E-state index in [1.807, 2.05) is 0 Å². The van der Waals surface area contributed by atoms with Gasteiger partial charge in [0.2, 0.25) is 0 Å². The van der Waals surface area contributed by atoms with Crippen LogP contribution >= 0.6 is 0 Å². The molecule has 0 radical (unpaired) electrons. The van der Waals surface area contributed by atoms with Gasteiger partial charge >= 0.3 is 0 Å². The molecular weight excluding hydrogens is 244 g/mol. The maximum absolute atomic E-state index is 5.76. The molecule has 0 aromatic carbocycles. The van der Waals surface area contributed by atoms with Gasteiger partial charge in [-0.2, -0.15) is 0 Å². The highest BCUT2D eigenvalue weighted by molar-refractivity contribution is 4.79. The molecular formula is C14H30N2O3. The molecule has 1 rings (SSSR count). The molecule has 0 aliphatic carbocycles. The van der Waals surface area contributed by atoms with Crippen LogP contribution in [0.1, 0.15) is 19.8 Å². The van der Waals surface area contributed by atoms with E-state index in [9.17, 15) is 0 Å². The van der Waals surface area contributed by atoms with Gasteiger partial charge in [0, 0.05) is 26.2 Å². The number of hydrogen-bond donors (Lipinski definition) is 1. The van der Waals surface area contributed by atoms with Crippen LogP contribution in [0.15, 0.2) is 0 Å². The summed E-state index contributed by atoms with van der Waals surface area (Å²) in [5.41, 5.74) is 5.76. The molecule has 0 aromatic heterocycles. The van der Waals surface area contributed by atoms with Gasteiger partial charge in [0.15, 0.2) is 0 Å². The fraction of sp³-hybridized carbons (Fsp3) is 1.00. The Bertz CT molecular complexity index is 217. The van der Waals surface area contributed by atoms with Crippen LogP contribution in [0.4, 0.5) is 0 Å². The Hall–Kier alpha value is -0.200. The Labute approximate surface area is 117 Å². The van der Waals surface area contributed by atoms with Gasteiger partial charge in [0.1, 0.15) is 0 Å². The summed E-state index contributed by atoms with van der Waals surface area (Å²) in [6.07, 6.45) is 2.52. The van der Waals surface area contributed by atoms with E-state index in [0.717, 1.165) is 26.2 Å². The molecule has 0 bridgehead atoms. The molecule has 0 aromatic rings. The predicted molar refractivity (Wildman–Crippen MR) is 76.3 cm³/mol. The molecule has 5 nitrogen and oxygen atoms in total. The van der Waals surface area contributed by atoms with E-state index in [2.05, 4.69) is 11.8 Å². The van der Waals surface area contributed by atoms with Crippen molar-refractivity contribution in [2.45, 2.75) is 25.8 Å². The number of methoxy groups -OCH3 is 1. The van der Waals surface area contributed by atoms with Crippen molar-refractivity contribution in [3.63, 3.8) is 0 Å². The van der Waals surface area contributed by atoms with Crippen LogP contribution < -0.4 is 5.73 Å². The molecule has 114 valence electrons. The molecule has 2 N–H and O–H groups in total. The van der Waals surface area contributed by atoms with Gasteiger partial charge in [0.05, 0.1) is 33.0 Å². The number of hydrogen-bond acceptors (Lipinski definition) is 5. The molecule has 1 fully saturated rings. The van der Waals surface area contributed by atoms with Crippen LogP contribution in [0.2, 0.25) is 0 Å². The van der Waals surface area contributed by atoms with E-state index in [0.29, 0.717) is 38.4 Å². The average Bonchev–Trinajstić information content (AvgIpc) is 2.43. The van der Waals surface area contributed by atoms with Crippen LogP contribution in [0.3, 0.4) is 0 Å². The second kappa shape index (κ2) is 10.6. The van der Waals surface area contributed by atoms with Crippen molar-refractivity contribution in [2.24, 2.45) is 11.7 Å². The first-order valence-electron chi connectivity index (χ1n) is 7.36. The Morgan fingerprint density at radius 1 is 1.05 bits per heavy atom. The fourth-order valence-corrected chi connectivity index (χ4v) is 2.41. The number of nitrogens with zero attached hydrogens (tertiary/aromatic N) is 1. The third-order valence-electron chi connectivity index (χ3n) is 3.77. The minimum Gasteiger partial charge on any atom is -0.382 e. The molecule has 1 aliphatic heterocycles. The highest BCUT2D eigenvalue weighted by atomic mass is 16.5. The Kier molecular flexibility index (Phi) is 9.38. The fourth-order valence-electron chi connectivity index (χ4n) is 2.41. The Morgan fingerprint density at radius 3 is 2.42 bits per heavy atom. The van der Waals surface area contributed by atoms with Crippen LogP contribution in [0, 0.1) is 5.92 Å². The molecule has 1 aliphatic rings. The van der Waals surface area contributed by atoms with E-state index >= 15 is 0 Å². The molecule has 19 heavy (non-hydrogen) atoms. The minimum atomic E-state index is 0.640. The second-order valence-electron chi connectivity index (χ2n) is 5.24. The van der Waals surface area contributed by atoms with Crippen molar-refractivity contribution >= 4 is 0 Å². The van der Waals surface area contributed by atoms with Crippen molar-refractivity contribution in [2.75, 3.05) is 59.8 Å². The lowest BCUT2D eigenvalue weighted by atomic mass is 9.94. The van der Waals surface area contributed by atoms with Gasteiger partial charge in [0.25, 0.3) is 0 Å². The summed E-state index contributed by atoms with van der Waals surface area (Å²) < 4.78 is 15.8. The topological polar surface area (TPSA) is 57.0 Å². The minimum absolute atomic E-state index is 0.640. The summed E-state index contributed by atoms with van der Waals surface area (Å²) in [6, 6.07) is 0.657. The van der Waals surface area contributed by atoms with Gasteiger partial charge in [-0.1, -0.05) is 0 Å². The van der Waals surface area contributed by atoms with Gasteiger partial charge in [-0.15, -0.1) is 0 Å². The van der Waals surface area contributed by atoms with E-state index in [1.54, 1.807) is 7.11 Å². The molecule has 2 unspecified atom stereocenters. The monoisotopic (exact) mass is 274 g/mol. The van der Waals surface area contributed by atoms with E-state index in [1.165, 1.54) is 12.8 Å². The summed E-state index contributed by atoms with van der Waals surface area (Å²) in [5, 5.41) is 0. The molecule has 0 spiro atoms. The lowest BCUT2D eigenvalue weighted by molar-refractivity contribution is 0.0117. The quantitative estimate of drug-likeness (QED) is 0.595. The number of rotatable bonds is 10. The van der Waals surface area contributed by atoms with E-state index in [-0.39, 0.29) is 0 Å². The molecule has 2 atom stereocenters. The van der Waals surface area contributed by atoms with Gasteiger partial charge in [-0.3, -0.25) is 4.90 Å². The summed E-state index contributed by atoms with van der Waals surface area (Å²) in [7, 11) is 1.67. The van der Waals surface area contributed by atoms with Crippen molar-refractivity contribution < 1.29 is 14.2 Å².